The van der Waals surface area contributed by atoms with Gasteiger partial charge in [-0.2, -0.15) is 0 Å². The van der Waals surface area contributed by atoms with E-state index in [1.807, 2.05) is 13.8 Å². The Labute approximate surface area is 108 Å². The minimum Gasteiger partial charge on any atom is -0.374 e. The highest BCUT2D eigenvalue weighted by Crippen LogP contribution is 2.33. The lowest BCUT2D eigenvalue weighted by molar-refractivity contribution is -0.00290. The summed E-state index contributed by atoms with van der Waals surface area (Å²) in [5, 5.41) is 4.03. The number of likely N-dealkylation sites (tertiary alicyclic amines) is 1. The molecular formula is C14H22N2O2. The molecule has 4 heteroatoms. The number of hydrogen-bond donors (Lipinski definition) is 0. The summed E-state index contributed by atoms with van der Waals surface area (Å²) in [6.07, 6.45) is 3.38. The first-order chi connectivity index (χ1) is 8.63. The van der Waals surface area contributed by atoms with Crippen LogP contribution in [0.5, 0.6) is 0 Å². The number of piperidine rings is 1. The Balaban J connectivity index is 1.65. The van der Waals surface area contributed by atoms with Crippen LogP contribution >= 0.6 is 0 Å². The molecule has 0 unspecified atom stereocenters. The number of fused-ring (bicyclic) bond motifs is 1. The number of hydrogen-bond acceptors (Lipinski definition) is 4. The molecule has 100 valence electrons. The van der Waals surface area contributed by atoms with Gasteiger partial charge < -0.3 is 9.26 Å². The minimum atomic E-state index is 0.439. The molecule has 0 N–H and O–H groups in total. The molecule has 3 atom stereocenters. The van der Waals surface area contributed by atoms with E-state index in [1.54, 1.807) is 0 Å². The van der Waals surface area contributed by atoms with Crippen LogP contribution in [0, 0.1) is 19.8 Å². The van der Waals surface area contributed by atoms with Gasteiger partial charge in [-0.25, -0.2) is 0 Å². The topological polar surface area (TPSA) is 38.5 Å². The van der Waals surface area contributed by atoms with Crippen LogP contribution in [0.4, 0.5) is 0 Å². The van der Waals surface area contributed by atoms with Gasteiger partial charge >= 0.3 is 0 Å². The summed E-state index contributed by atoms with van der Waals surface area (Å²) < 4.78 is 11.2. The van der Waals surface area contributed by atoms with Crippen LogP contribution in [0.15, 0.2) is 4.52 Å². The smallest absolute Gasteiger partial charge is 0.138 e. The van der Waals surface area contributed by atoms with Crippen molar-refractivity contribution in [1.29, 1.82) is 0 Å². The molecule has 0 aliphatic carbocycles. The molecule has 0 radical (unpaired) electrons. The van der Waals surface area contributed by atoms with Crippen molar-refractivity contribution in [3.05, 3.63) is 17.0 Å². The van der Waals surface area contributed by atoms with Crippen molar-refractivity contribution in [3.8, 4) is 0 Å². The van der Waals surface area contributed by atoms with Gasteiger partial charge in [-0.3, -0.25) is 4.90 Å². The van der Waals surface area contributed by atoms with E-state index in [9.17, 15) is 0 Å². The summed E-state index contributed by atoms with van der Waals surface area (Å²) in [7, 11) is 0. The van der Waals surface area contributed by atoms with Gasteiger partial charge in [-0.05, 0) is 46.1 Å². The number of aromatic nitrogens is 1. The maximum atomic E-state index is 5.99. The van der Waals surface area contributed by atoms with Crippen molar-refractivity contribution < 1.29 is 9.26 Å². The molecule has 0 amide bonds. The molecule has 4 nitrogen and oxygen atoms in total. The van der Waals surface area contributed by atoms with Gasteiger partial charge in [0.05, 0.1) is 17.9 Å². The van der Waals surface area contributed by atoms with E-state index >= 15 is 0 Å². The Morgan fingerprint density at radius 1 is 1.39 bits per heavy atom. The van der Waals surface area contributed by atoms with Gasteiger partial charge in [-0.1, -0.05) is 5.16 Å². The van der Waals surface area contributed by atoms with Crippen LogP contribution < -0.4 is 0 Å². The standard InChI is InChI=1S/C14H22N2O2/c1-9-6-12-4-5-16(8-14(12)17-9)7-13-10(2)15-18-11(13)3/h9,12,14H,4-8H2,1-3H3/t9-,12+,14-/m1/s1. The average Bonchev–Trinajstić information content (AvgIpc) is 2.84. The highest BCUT2D eigenvalue weighted by atomic mass is 16.5. The Morgan fingerprint density at radius 2 is 2.22 bits per heavy atom. The predicted molar refractivity (Wildman–Crippen MR) is 68.3 cm³/mol. The lowest BCUT2D eigenvalue weighted by Gasteiger charge is -2.33. The second kappa shape index (κ2) is 4.67. The summed E-state index contributed by atoms with van der Waals surface area (Å²) in [5.41, 5.74) is 2.27. The third-order valence-electron chi connectivity index (χ3n) is 4.38. The Morgan fingerprint density at radius 3 is 2.94 bits per heavy atom. The number of rotatable bonds is 2. The predicted octanol–water partition coefficient (Wildman–Crippen LogP) is 2.29. The third-order valence-corrected chi connectivity index (χ3v) is 4.38. The van der Waals surface area contributed by atoms with E-state index in [1.165, 1.54) is 24.9 Å². The normalized spacial score (nSPS) is 32.7. The summed E-state index contributed by atoms with van der Waals surface area (Å²) in [5.74, 6) is 1.73. The fourth-order valence-electron chi connectivity index (χ4n) is 3.33. The van der Waals surface area contributed by atoms with E-state index in [-0.39, 0.29) is 0 Å². The van der Waals surface area contributed by atoms with Crippen LogP contribution in [0.25, 0.3) is 0 Å². The first kappa shape index (κ1) is 12.2. The van der Waals surface area contributed by atoms with Gasteiger partial charge in [0.15, 0.2) is 0 Å². The number of ether oxygens (including phenoxy) is 1. The second-order valence-corrected chi connectivity index (χ2v) is 5.81. The van der Waals surface area contributed by atoms with Crippen molar-refractivity contribution in [2.45, 2.75) is 52.4 Å². The van der Waals surface area contributed by atoms with Crippen LogP contribution in [-0.4, -0.2) is 35.4 Å². The van der Waals surface area contributed by atoms with Gasteiger partial charge in [0.2, 0.25) is 0 Å². The van der Waals surface area contributed by atoms with E-state index in [0.717, 1.165) is 30.5 Å². The van der Waals surface area contributed by atoms with Gasteiger partial charge in [0, 0.05) is 18.7 Å². The zero-order chi connectivity index (χ0) is 12.7. The first-order valence-electron chi connectivity index (χ1n) is 6.93. The molecule has 0 saturated carbocycles. The average molecular weight is 250 g/mol. The summed E-state index contributed by atoms with van der Waals surface area (Å²) in [4.78, 5) is 2.48. The van der Waals surface area contributed by atoms with E-state index < -0.39 is 0 Å². The zero-order valence-corrected chi connectivity index (χ0v) is 11.5. The van der Waals surface area contributed by atoms with Gasteiger partial charge in [0.1, 0.15) is 5.76 Å². The number of aryl methyl sites for hydroxylation is 2. The summed E-state index contributed by atoms with van der Waals surface area (Å²) in [6.45, 7) is 9.38. The van der Waals surface area contributed by atoms with Crippen LogP contribution in [0.2, 0.25) is 0 Å². The molecule has 1 aromatic rings. The fraction of sp³-hybridized carbons (Fsp3) is 0.786. The lowest BCUT2D eigenvalue weighted by Crippen LogP contribution is -2.41. The van der Waals surface area contributed by atoms with Crippen LogP contribution in [-0.2, 0) is 11.3 Å². The molecule has 2 aliphatic heterocycles. The van der Waals surface area contributed by atoms with Crippen molar-refractivity contribution in [2.75, 3.05) is 13.1 Å². The van der Waals surface area contributed by atoms with Crippen LogP contribution in [0.3, 0.4) is 0 Å². The van der Waals surface area contributed by atoms with Crippen molar-refractivity contribution in [3.63, 3.8) is 0 Å². The van der Waals surface area contributed by atoms with Gasteiger partial charge in [0.25, 0.3) is 0 Å². The van der Waals surface area contributed by atoms with Crippen LogP contribution in [0.1, 0.15) is 36.8 Å². The molecular weight excluding hydrogens is 228 g/mol. The maximum Gasteiger partial charge on any atom is 0.138 e. The molecule has 3 rings (SSSR count). The molecule has 0 bridgehead atoms. The van der Waals surface area contributed by atoms with Gasteiger partial charge in [-0.15, -0.1) is 0 Å². The molecule has 3 heterocycles. The molecule has 18 heavy (non-hydrogen) atoms. The largest absolute Gasteiger partial charge is 0.374 e. The number of nitrogens with zero attached hydrogens (tertiary/aromatic N) is 2. The third kappa shape index (κ3) is 2.19. The minimum absolute atomic E-state index is 0.439. The molecule has 0 aromatic carbocycles. The lowest BCUT2D eigenvalue weighted by atomic mass is 9.92. The van der Waals surface area contributed by atoms with E-state index in [2.05, 4.69) is 17.0 Å². The highest BCUT2D eigenvalue weighted by molar-refractivity contribution is 5.20. The molecule has 2 saturated heterocycles. The van der Waals surface area contributed by atoms with E-state index in [0.29, 0.717) is 12.2 Å². The summed E-state index contributed by atoms with van der Waals surface area (Å²) >= 11 is 0. The highest BCUT2D eigenvalue weighted by Gasteiger charge is 2.37. The maximum absolute atomic E-state index is 5.99. The van der Waals surface area contributed by atoms with Crippen molar-refractivity contribution in [2.24, 2.45) is 5.92 Å². The molecule has 2 fully saturated rings. The summed E-state index contributed by atoms with van der Waals surface area (Å²) in [6, 6.07) is 0. The first-order valence-corrected chi connectivity index (χ1v) is 6.93. The van der Waals surface area contributed by atoms with Crippen molar-refractivity contribution >= 4 is 0 Å². The molecule has 1 aromatic heterocycles. The fourth-order valence-corrected chi connectivity index (χ4v) is 3.33. The quantitative estimate of drug-likeness (QED) is 0.807. The SMILES string of the molecule is Cc1noc(C)c1CN1CC[C@H]2C[C@@H](C)O[C@@H]2C1. The molecule has 2 aliphatic rings. The second-order valence-electron chi connectivity index (χ2n) is 5.81. The Kier molecular flexibility index (Phi) is 3.16. The molecule has 0 spiro atoms. The van der Waals surface area contributed by atoms with E-state index in [4.69, 9.17) is 9.26 Å². The zero-order valence-electron chi connectivity index (χ0n) is 11.5. The Bertz CT molecular complexity index is 410. The Hall–Kier alpha value is -0.870. The monoisotopic (exact) mass is 250 g/mol. The van der Waals surface area contributed by atoms with Crippen molar-refractivity contribution in [1.82, 2.24) is 10.1 Å².